The molecule has 5 nitrogen and oxygen atoms in total. The van der Waals surface area contributed by atoms with E-state index in [9.17, 15) is 5.11 Å². The number of phenols is 1. The fraction of sp³-hybridized carbons (Fsp3) is 0.304. The number of aryl methyl sites for hydroxylation is 1. The molecule has 1 saturated heterocycles. The highest BCUT2D eigenvalue weighted by Crippen LogP contribution is 2.48. The summed E-state index contributed by atoms with van der Waals surface area (Å²) in [4.78, 5) is 12.2. The van der Waals surface area contributed by atoms with Crippen molar-refractivity contribution in [3.8, 4) is 11.4 Å². The van der Waals surface area contributed by atoms with Gasteiger partial charge in [-0.05, 0) is 61.9 Å². The molecule has 0 spiro atoms. The van der Waals surface area contributed by atoms with Gasteiger partial charge in [0, 0.05) is 35.1 Å². The molecule has 0 amide bonds. The van der Waals surface area contributed by atoms with Gasteiger partial charge in [0.15, 0.2) is 5.17 Å². The number of nitrogens with zero attached hydrogens (tertiary/aromatic N) is 4. The van der Waals surface area contributed by atoms with Gasteiger partial charge in [-0.2, -0.15) is 0 Å². The smallest absolute Gasteiger partial charge is 0.160 e. The molecule has 0 unspecified atom stereocenters. The maximum Gasteiger partial charge on any atom is 0.160 e. The van der Waals surface area contributed by atoms with Crippen LogP contribution in [0.25, 0.3) is 5.69 Å². The average molecular weight is 405 g/mol. The molecule has 0 radical (unpaired) electrons. The predicted octanol–water partition coefficient (Wildman–Crippen LogP) is 4.78. The molecular weight excluding hydrogens is 380 g/mol. The van der Waals surface area contributed by atoms with Crippen molar-refractivity contribution >= 4 is 16.9 Å². The summed E-state index contributed by atoms with van der Waals surface area (Å²) in [5, 5.41) is 11.3. The van der Waals surface area contributed by atoms with E-state index >= 15 is 0 Å². The van der Waals surface area contributed by atoms with Gasteiger partial charge in [0.05, 0.1) is 11.7 Å². The van der Waals surface area contributed by atoms with E-state index in [1.165, 1.54) is 17.0 Å². The van der Waals surface area contributed by atoms with Crippen molar-refractivity contribution < 1.29 is 5.11 Å². The Hall–Kier alpha value is -2.73. The molecule has 0 saturated carbocycles. The molecule has 29 heavy (non-hydrogen) atoms. The Balaban J connectivity index is 1.62. The third-order valence-electron chi connectivity index (χ3n) is 5.78. The lowest BCUT2D eigenvalue weighted by atomic mass is 9.96. The van der Waals surface area contributed by atoms with Gasteiger partial charge in [-0.3, -0.25) is 9.98 Å². The topological polar surface area (TPSA) is 53.7 Å². The Bertz CT molecular complexity index is 1070. The minimum Gasteiger partial charge on any atom is -0.508 e. The lowest BCUT2D eigenvalue weighted by molar-refractivity contribution is 0.320. The van der Waals surface area contributed by atoms with Gasteiger partial charge in [-0.15, -0.1) is 0 Å². The number of hydrogen-bond donors (Lipinski definition) is 1. The van der Waals surface area contributed by atoms with Gasteiger partial charge in [0.25, 0.3) is 0 Å². The minimum atomic E-state index is -0.0000298. The summed E-state index contributed by atoms with van der Waals surface area (Å²) in [5.41, 5.74) is 5.75. The number of aromatic hydroxyl groups is 1. The summed E-state index contributed by atoms with van der Waals surface area (Å²) in [6.07, 6.45) is 1.85. The van der Waals surface area contributed by atoms with Crippen LogP contribution in [-0.2, 0) is 0 Å². The van der Waals surface area contributed by atoms with Crippen LogP contribution in [0, 0.1) is 13.8 Å². The molecule has 1 fully saturated rings. The number of rotatable bonds is 3. The van der Waals surface area contributed by atoms with E-state index in [0.717, 1.165) is 23.1 Å². The molecule has 1 N–H and O–H groups in total. The standard InChI is InChI=1S/C23H24N4OS/c1-14-12-19(16(3)27(14)17-7-9-18(28)10-8-17)22-21(20-6-4-5-11-24-20)25-23-26(22)13-15(2)29-23/h4-12,15,21-22,28H,13H2,1-3H3/t15-,21+,22-/m0/s1. The van der Waals surface area contributed by atoms with E-state index < -0.39 is 0 Å². The van der Waals surface area contributed by atoms with Crippen LogP contribution in [0.4, 0.5) is 0 Å². The van der Waals surface area contributed by atoms with Gasteiger partial charge in [-0.25, -0.2) is 0 Å². The number of amidine groups is 1. The second kappa shape index (κ2) is 6.95. The molecule has 6 heteroatoms. The highest BCUT2D eigenvalue weighted by Gasteiger charge is 2.44. The van der Waals surface area contributed by atoms with Crippen LogP contribution in [0.3, 0.4) is 0 Å². The normalized spacial score (nSPS) is 23.3. The number of thioether (sulfide) groups is 1. The average Bonchev–Trinajstić information content (AvgIpc) is 3.33. The lowest BCUT2D eigenvalue weighted by Gasteiger charge is -2.27. The Morgan fingerprint density at radius 3 is 2.62 bits per heavy atom. The zero-order chi connectivity index (χ0) is 20.1. The van der Waals surface area contributed by atoms with Crippen LogP contribution in [0.1, 0.15) is 41.7 Å². The van der Waals surface area contributed by atoms with E-state index in [1.807, 2.05) is 42.2 Å². The first-order valence-electron chi connectivity index (χ1n) is 9.93. The summed E-state index contributed by atoms with van der Waals surface area (Å²) in [7, 11) is 0. The van der Waals surface area contributed by atoms with Crippen LogP contribution >= 0.6 is 11.8 Å². The van der Waals surface area contributed by atoms with E-state index in [-0.39, 0.29) is 17.8 Å². The van der Waals surface area contributed by atoms with Crippen LogP contribution in [0.15, 0.2) is 59.7 Å². The zero-order valence-electron chi connectivity index (χ0n) is 16.8. The molecule has 0 aliphatic carbocycles. The summed E-state index contributed by atoms with van der Waals surface area (Å²) in [6.45, 7) is 7.57. The molecular formula is C23H24N4OS. The van der Waals surface area contributed by atoms with Crippen molar-refractivity contribution in [3.05, 3.63) is 77.4 Å². The minimum absolute atomic E-state index is 0.0000298. The third kappa shape index (κ3) is 3.02. The first-order chi connectivity index (χ1) is 14.0. The fourth-order valence-electron chi connectivity index (χ4n) is 4.54. The second-order valence-electron chi connectivity index (χ2n) is 7.82. The van der Waals surface area contributed by atoms with Crippen molar-refractivity contribution in [2.24, 2.45) is 4.99 Å². The van der Waals surface area contributed by atoms with Crippen LogP contribution in [0.5, 0.6) is 5.75 Å². The molecule has 1 aromatic carbocycles. The number of hydrogen-bond acceptors (Lipinski definition) is 5. The zero-order valence-corrected chi connectivity index (χ0v) is 17.6. The Morgan fingerprint density at radius 1 is 1.10 bits per heavy atom. The van der Waals surface area contributed by atoms with Crippen molar-refractivity contribution in [1.82, 2.24) is 14.5 Å². The summed E-state index contributed by atoms with van der Waals surface area (Å²) in [5.74, 6) is 0.281. The first kappa shape index (κ1) is 18.3. The van der Waals surface area contributed by atoms with E-state index in [4.69, 9.17) is 4.99 Å². The predicted molar refractivity (Wildman–Crippen MR) is 118 cm³/mol. The molecule has 0 bridgehead atoms. The molecule has 2 aliphatic rings. The van der Waals surface area contributed by atoms with Crippen LogP contribution < -0.4 is 0 Å². The van der Waals surface area contributed by atoms with Gasteiger partial charge in [0.1, 0.15) is 11.8 Å². The lowest BCUT2D eigenvalue weighted by Crippen LogP contribution is -2.28. The molecule has 5 rings (SSSR count). The van der Waals surface area contributed by atoms with Gasteiger partial charge >= 0.3 is 0 Å². The molecule has 3 aromatic rings. The Labute approximate surface area is 175 Å². The van der Waals surface area contributed by atoms with Gasteiger partial charge in [-0.1, -0.05) is 24.8 Å². The molecule has 2 aliphatic heterocycles. The maximum absolute atomic E-state index is 9.67. The molecule has 4 heterocycles. The molecule has 2 aromatic heterocycles. The number of phenolic OH excluding ortho intramolecular Hbond substituents is 1. The van der Waals surface area contributed by atoms with Crippen molar-refractivity contribution in [1.29, 1.82) is 0 Å². The number of aromatic nitrogens is 2. The van der Waals surface area contributed by atoms with Crippen molar-refractivity contribution in [2.75, 3.05) is 6.54 Å². The van der Waals surface area contributed by atoms with E-state index in [2.05, 4.69) is 47.4 Å². The monoisotopic (exact) mass is 404 g/mol. The third-order valence-corrected chi connectivity index (χ3v) is 6.88. The highest BCUT2D eigenvalue weighted by molar-refractivity contribution is 8.14. The van der Waals surface area contributed by atoms with Crippen LogP contribution in [0.2, 0.25) is 0 Å². The van der Waals surface area contributed by atoms with Gasteiger partial charge < -0.3 is 14.6 Å². The van der Waals surface area contributed by atoms with Crippen molar-refractivity contribution in [2.45, 2.75) is 38.1 Å². The Kier molecular flexibility index (Phi) is 4.39. The quantitative estimate of drug-likeness (QED) is 0.682. The second-order valence-corrected chi connectivity index (χ2v) is 9.22. The Morgan fingerprint density at radius 2 is 1.90 bits per heavy atom. The number of pyridine rings is 1. The fourth-order valence-corrected chi connectivity index (χ4v) is 5.63. The van der Waals surface area contributed by atoms with E-state index in [1.54, 1.807) is 12.1 Å². The highest BCUT2D eigenvalue weighted by atomic mass is 32.2. The van der Waals surface area contributed by atoms with Crippen LogP contribution in [-0.4, -0.2) is 36.5 Å². The number of fused-ring (bicyclic) bond motifs is 1. The first-order valence-corrected chi connectivity index (χ1v) is 10.8. The summed E-state index contributed by atoms with van der Waals surface area (Å²) >= 11 is 1.86. The maximum atomic E-state index is 9.67. The molecule has 3 atom stereocenters. The van der Waals surface area contributed by atoms with Gasteiger partial charge in [0.2, 0.25) is 0 Å². The largest absolute Gasteiger partial charge is 0.508 e. The number of aliphatic imine (C=N–C) groups is 1. The van der Waals surface area contributed by atoms with Crippen molar-refractivity contribution in [3.63, 3.8) is 0 Å². The summed E-state index contributed by atoms with van der Waals surface area (Å²) in [6, 6.07) is 15.9. The summed E-state index contributed by atoms with van der Waals surface area (Å²) < 4.78 is 2.26. The van der Waals surface area contributed by atoms with E-state index in [0.29, 0.717) is 5.25 Å². The number of benzene rings is 1. The SMILES string of the molecule is Cc1cc([C@H]2[C@@H](c3ccccn3)N=C3S[C@@H](C)CN32)c(C)n1-c1ccc(O)cc1. The molecule has 148 valence electrons.